The maximum Gasteiger partial charge on any atom is 0.390 e. The van der Waals surface area contributed by atoms with Gasteiger partial charge in [0.25, 0.3) is 5.91 Å². The van der Waals surface area contributed by atoms with Gasteiger partial charge in [0.1, 0.15) is 11.9 Å². The first-order valence-corrected chi connectivity index (χ1v) is 10.7. The van der Waals surface area contributed by atoms with Crippen LogP contribution in [0.25, 0.3) is 0 Å². The largest absolute Gasteiger partial charge is 0.489 e. The summed E-state index contributed by atoms with van der Waals surface area (Å²) in [5.74, 6) is 0.419. The number of alkyl halides is 3. The van der Waals surface area contributed by atoms with E-state index in [0.29, 0.717) is 42.3 Å². The van der Waals surface area contributed by atoms with Crippen molar-refractivity contribution in [2.24, 2.45) is 0 Å². The molecule has 0 saturated carbocycles. The van der Waals surface area contributed by atoms with Gasteiger partial charge in [0.05, 0.1) is 12.0 Å². The first kappa shape index (κ1) is 22.2. The van der Waals surface area contributed by atoms with Gasteiger partial charge < -0.3 is 14.5 Å². The highest BCUT2D eigenvalue weighted by Crippen LogP contribution is 2.30. The van der Waals surface area contributed by atoms with Crippen LogP contribution in [0, 0.1) is 0 Å². The Balaban J connectivity index is 1.62. The zero-order valence-corrected chi connectivity index (χ0v) is 17.4. The fraction of sp³-hybridized carbons (Fsp3) is 0.667. The van der Waals surface area contributed by atoms with E-state index in [-0.39, 0.29) is 12.0 Å². The van der Waals surface area contributed by atoms with Gasteiger partial charge in [-0.05, 0) is 57.2 Å². The highest BCUT2D eigenvalue weighted by molar-refractivity contribution is 6.30. The molecule has 2 saturated heterocycles. The maximum absolute atomic E-state index is 12.9. The van der Waals surface area contributed by atoms with Gasteiger partial charge in [-0.3, -0.25) is 4.79 Å². The SMILES string of the molecule is CC(CC(F)(F)F)N1CCC(Oc2cc(Cl)ccc2C(=O)N2CCCCC2)CC1. The zero-order chi connectivity index (χ0) is 21.0. The number of rotatable bonds is 5. The summed E-state index contributed by atoms with van der Waals surface area (Å²) < 4.78 is 44.0. The number of amides is 1. The topological polar surface area (TPSA) is 32.8 Å². The number of hydrogen-bond acceptors (Lipinski definition) is 3. The van der Waals surface area contributed by atoms with E-state index in [1.807, 2.05) is 9.80 Å². The Kier molecular flexibility index (Phi) is 7.32. The third kappa shape index (κ3) is 6.25. The number of nitrogens with zero attached hydrogens (tertiary/aromatic N) is 2. The van der Waals surface area contributed by atoms with Crippen molar-refractivity contribution in [2.75, 3.05) is 26.2 Å². The number of likely N-dealkylation sites (tertiary alicyclic amines) is 2. The molecule has 1 unspecified atom stereocenters. The Morgan fingerprint density at radius 2 is 1.83 bits per heavy atom. The van der Waals surface area contributed by atoms with Crippen molar-refractivity contribution in [3.8, 4) is 5.75 Å². The lowest BCUT2D eigenvalue weighted by Gasteiger charge is -2.36. The van der Waals surface area contributed by atoms with Crippen LogP contribution in [0.2, 0.25) is 5.02 Å². The number of carbonyl (C=O) groups excluding carboxylic acids is 1. The molecule has 0 aliphatic carbocycles. The van der Waals surface area contributed by atoms with E-state index in [1.54, 1.807) is 25.1 Å². The molecular formula is C21H28ClF3N2O2. The summed E-state index contributed by atoms with van der Waals surface area (Å²) in [7, 11) is 0. The average Bonchev–Trinajstić information content (AvgIpc) is 2.67. The smallest absolute Gasteiger partial charge is 0.390 e. The van der Waals surface area contributed by atoms with Crippen molar-refractivity contribution in [3.05, 3.63) is 28.8 Å². The monoisotopic (exact) mass is 432 g/mol. The van der Waals surface area contributed by atoms with E-state index in [2.05, 4.69) is 0 Å². The molecule has 8 heteroatoms. The maximum atomic E-state index is 12.9. The van der Waals surface area contributed by atoms with Gasteiger partial charge in [-0.1, -0.05) is 11.6 Å². The van der Waals surface area contributed by atoms with Gasteiger partial charge >= 0.3 is 6.18 Å². The van der Waals surface area contributed by atoms with Gasteiger partial charge in [-0.25, -0.2) is 0 Å². The molecule has 29 heavy (non-hydrogen) atoms. The van der Waals surface area contributed by atoms with E-state index < -0.39 is 18.6 Å². The second kappa shape index (κ2) is 9.56. The van der Waals surface area contributed by atoms with E-state index in [4.69, 9.17) is 16.3 Å². The minimum Gasteiger partial charge on any atom is -0.489 e. The van der Waals surface area contributed by atoms with Crippen molar-refractivity contribution >= 4 is 17.5 Å². The van der Waals surface area contributed by atoms with Crippen molar-refractivity contribution in [3.63, 3.8) is 0 Å². The van der Waals surface area contributed by atoms with Gasteiger partial charge in [-0.15, -0.1) is 0 Å². The Bertz CT molecular complexity index is 700. The molecule has 1 atom stereocenters. The Morgan fingerprint density at radius 1 is 1.17 bits per heavy atom. The summed E-state index contributed by atoms with van der Waals surface area (Å²) in [5.41, 5.74) is 0.504. The molecule has 3 rings (SSSR count). The number of halogens is 4. The lowest BCUT2D eigenvalue weighted by Crippen LogP contribution is -2.44. The standard InChI is InChI=1S/C21H28ClF3N2O2/c1-15(14-21(23,24)25)26-11-7-17(8-12-26)29-19-13-16(22)5-6-18(19)20(28)27-9-3-2-4-10-27/h5-6,13,15,17H,2-4,7-12,14H2,1H3. The van der Waals surface area contributed by atoms with E-state index >= 15 is 0 Å². The molecule has 162 valence electrons. The van der Waals surface area contributed by atoms with Crippen molar-refractivity contribution < 1.29 is 22.7 Å². The van der Waals surface area contributed by atoms with Crippen LogP contribution < -0.4 is 4.74 Å². The van der Waals surface area contributed by atoms with E-state index in [0.717, 1.165) is 32.4 Å². The zero-order valence-electron chi connectivity index (χ0n) is 16.7. The number of benzene rings is 1. The van der Waals surface area contributed by atoms with Crippen LogP contribution in [0.15, 0.2) is 18.2 Å². The molecule has 1 aromatic carbocycles. The van der Waals surface area contributed by atoms with Crippen LogP contribution in [0.1, 0.15) is 55.8 Å². The first-order valence-electron chi connectivity index (χ1n) is 10.3. The molecule has 0 aromatic heterocycles. The summed E-state index contributed by atoms with van der Waals surface area (Å²) in [6, 6.07) is 4.51. The molecule has 2 aliphatic heterocycles. The Morgan fingerprint density at radius 3 is 2.45 bits per heavy atom. The summed E-state index contributed by atoms with van der Waals surface area (Å²) in [4.78, 5) is 16.6. The number of hydrogen-bond donors (Lipinski definition) is 0. The summed E-state index contributed by atoms with van der Waals surface area (Å²) in [6.45, 7) is 4.18. The van der Waals surface area contributed by atoms with Crippen molar-refractivity contribution in [1.82, 2.24) is 9.80 Å². The third-order valence-corrected chi connectivity index (χ3v) is 5.97. The lowest BCUT2D eigenvalue weighted by molar-refractivity contribution is -0.147. The molecule has 0 radical (unpaired) electrons. The van der Waals surface area contributed by atoms with Crippen molar-refractivity contribution in [2.45, 2.75) is 63.8 Å². The van der Waals surface area contributed by atoms with Crippen LogP contribution in [0.4, 0.5) is 13.2 Å². The van der Waals surface area contributed by atoms with E-state index in [9.17, 15) is 18.0 Å². The van der Waals surface area contributed by atoms with Crippen molar-refractivity contribution in [1.29, 1.82) is 0 Å². The second-order valence-corrected chi connectivity index (χ2v) is 8.45. The molecule has 1 aromatic rings. The Labute approximate surface area is 174 Å². The number of ether oxygens (including phenoxy) is 1. The minimum atomic E-state index is -4.16. The molecule has 4 nitrogen and oxygen atoms in total. The first-order chi connectivity index (χ1) is 13.7. The average molecular weight is 433 g/mol. The number of carbonyl (C=O) groups is 1. The molecule has 0 bridgehead atoms. The van der Waals surface area contributed by atoms with Gasteiger partial charge in [-0.2, -0.15) is 13.2 Å². The molecule has 0 N–H and O–H groups in total. The van der Waals surface area contributed by atoms with E-state index in [1.165, 1.54) is 0 Å². The Hall–Kier alpha value is -1.47. The summed E-state index contributed by atoms with van der Waals surface area (Å²) in [5, 5.41) is 0.492. The van der Waals surface area contributed by atoms with Crippen LogP contribution >= 0.6 is 11.6 Å². The van der Waals surface area contributed by atoms with Crippen LogP contribution in [-0.4, -0.2) is 60.2 Å². The van der Waals surface area contributed by atoms with Crippen LogP contribution in [0.5, 0.6) is 5.75 Å². The normalized spacial score (nSPS) is 20.5. The predicted molar refractivity (Wildman–Crippen MR) is 107 cm³/mol. The summed E-state index contributed by atoms with van der Waals surface area (Å²) >= 11 is 6.13. The second-order valence-electron chi connectivity index (χ2n) is 8.01. The fourth-order valence-corrected chi connectivity index (χ4v) is 4.28. The molecule has 0 spiro atoms. The highest BCUT2D eigenvalue weighted by atomic mass is 35.5. The lowest BCUT2D eigenvalue weighted by atomic mass is 10.0. The molecular weight excluding hydrogens is 405 g/mol. The van der Waals surface area contributed by atoms with Gasteiger partial charge in [0.2, 0.25) is 0 Å². The van der Waals surface area contributed by atoms with Crippen LogP contribution in [-0.2, 0) is 0 Å². The van der Waals surface area contributed by atoms with Gasteiger partial charge in [0, 0.05) is 37.2 Å². The number of piperidine rings is 2. The molecule has 2 aliphatic rings. The quantitative estimate of drug-likeness (QED) is 0.645. The third-order valence-electron chi connectivity index (χ3n) is 5.74. The molecule has 1 amide bonds. The fourth-order valence-electron chi connectivity index (χ4n) is 4.12. The van der Waals surface area contributed by atoms with Gasteiger partial charge in [0.15, 0.2) is 0 Å². The highest BCUT2D eigenvalue weighted by Gasteiger charge is 2.34. The van der Waals surface area contributed by atoms with Crippen LogP contribution in [0.3, 0.4) is 0 Å². The molecule has 2 heterocycles. The molecule has 2 fully saturated rings. The minimum absolute atomic E-state index is 0.0485. The summed E-state index contributed by atoms with van der Waals surface area (Å²) in [6.07, 6.45) is -0.722. The predicted octanol–water partition coefficient (Wildman–Crippen LogP) is 5.15.